The summed E-state index contributed by atoms with van der Waals surface area (Å²) in [5.74, 6) is 0.877. The molecule has 24 heavy (non-hydrogen) atoms. The maximum absolute atomic E-state index is 12.0. The first-order valence-electron chi connectivity index (χ1n) is 8.34. The van der Waals surface area contributed by atoms with Crippen LogP contribution in [-0.2, 0) is 4.74 Å². The zero-order valence-electron chi connectivity index (χ0n) is 15.0. The second-order valence-electron chi connectivity index (χ2n) is 7.09. The van der Waals surface area contributed by atoms with Crippen LogP contribution in [0.15, 0.2) is 22.7 Å². The summed E-state index contributed by atoms with van der Waals surface area (Å²) in [7, 11) is 0. The second kappa shape index (κ2) is 8.21. The van der Waals surface area contributed by atoms with Gasteiger partial charge in [-0.1, -0.05) is 6.07 Å². The molecule has 2 rings (SSSR count). The molecule has 0 aromatic heterocycles. The van der Waals surface area contributed by atoms with Gasteiger partial charge in [0, 0.05) is 32.7 Å². The summed E-state index contributed by atoms with van der Waals surface area (Å²) in [5.41, 5.74) is 0.739. The van der Waals surface area contributed by atoms with Gasteiger partial charge in [0.15, 0.2) is 0 Å². The van der Waals surface area contributed by atoms with Gasteiger partial charge in [-0.3, -0.25) is 4.90 Å². The lowest BCUT2D eigenvalue weighted by molar-refractivity contribution is 0.0137. The van der Waals surface area contributed by atoms with Crippen LogP contribution in [0.4, 0.5) is 4.79 Å². The summed E-state index contributed by atoms with van der Waals surface area (Å²) in [5, 5.41) is 0. The number of aryl methyl sites for hydroxylation is 1. The van der Waals surface area contributed by atoms with Crippen LogP contribution in [0.2, 0.25) is 0 Å². The lowest BCUT2D eigenvalue weighted by Gasteiger charge is -2.35. The molecule has 0 unspecified atom stereocenters. The van der Waals surface area contributed by atoms with E-state index in [1.165, 1.54) is 5.56 Å². The van der Waals surface area contributed by atoms with Gasteiger partial charge in [-0.2, -0.15) is 0 Å². The Kier molecular flexibility index (Phi) is 6.52. The Bertz CT molecular complexity index is 564. The maximum atomic E-state index is 12.0. The summed E-state index contributed by atoms with van der Waals surface area (Å²) >= 11 is 3.51. The monoisotopic (exact) mass is 398 g/mol. The molecule has 1 heterocycles. The molecule has 0 bridgehead atoms. The van der Waals surface area contributed by atoms with Crippen molar-refractivity contribution in [3.63, 3.8) is 0 Å². The molecule has 1 amide bonds. The summed E-state index contributed by atoms with van der Waals surface area (Å²) < 4.78 is 12.3. The van der Waals surface area contributed by atoms with Gasteiger partial charge in [0.2, 0.25) is 0 Å². The SMILES string of the molecule is Cc1ccc(Br)c(OCCN2CCN(C(=O)OC(C)(C)C)CC2)c1. The van der Waals surface area contributed by atoms with E-state index in [1.807, 2.05) is 39.0 Å². The van der Waals surface area contributed by atoms with Crippen LogP contribution >= 0.6 is 15.9 Å². The molecule has 1 aromatic carbocycles. The molecule has 0 atom stereocenters. The molecular formula is C18H27BrN2O3. The van der Waals surface area contributed by atoms with Crippen LogP contribution in [0.3, 0.4) is 0 Å². The van der Waals surface area contributed by atoms with Crippen LogP contribution in [-0.4, -0.2) is 60.8 Å². The van der Waals surface area contributed by atoms with E-state index >= 15 is 0 Å². The van der Waals surface area contributed by atoms with Gasteiger partial charge in [-0.25, -0.2) is 4.79 Å². The van der Waals surface area contributed by atoms with Gasteiger partial charge >= 0.3 is 6.09 Å². The number of carbonyl (C=O) groups excluding carboxylic acids is 1. The normalized spacial score (nSPS) is 16.1. The highest BCUT2D eigenvalue weighted by Crippen LogP contribution is 2.25. The highest BCUT2D eigenvalue weighted by atomic mass is 79.9. The Morgan fingerprint density at radius 2 is 1.88 bits per heavy atom. The minimum atomic E-state index is -0.441. The van der Waals surface area contributed by atoms with Crippen molar-refractivity contribution in [2.75, 3.05) is 39.3 Å². The van der Waals surface area contributed by atoms with Crippen LogP contribution in [0.25, 0.3) is 0 Å². The van der Waals surface area contributed by atoms with Gasteiger partial charge in [0.25, 0.3) is 0 Å². The molecule has 0 spiro atoms. The highest BCUT2D eigenvalue weighted by molar-refractivity contribution is 9.10. The fourth-order valence-electron chi connectivity index (χ4n) is 2.49. The molecule has 1 aliphatic rings. The Labute approximate surface area is 153 Å². The summed E-state index contributed by atoms with van der Waals surface area (Å²) in [6, 6.07) is 6.08. The van der Waals surface area contributed by atoms with Crippen molar-refractivity contribution in [1.82, 2.24) is 9.80 Å². The number of piperazine rings is 1. The first kappa shape index (κ1) is 19.1. The van der Waals surface area contributed by atoms with E-state index in [0.717, 1.165) is 29.9 Å². The average molecular weight is 399 g/mol. The zero-order chi connectivity index (χ0) is 17.7. The van der Waals surface area contributed by atoms with Gasteiger partial charge in [-0.15, -0.1) is 0 Å². The lowest BCUT2D eigenvalue weighted by atomic mass is 10.2. The molecule has 1 fully saturated rings. The predicted molar refractivity (Wildman–Crippen MR) is 98.6 cm³/mol. The molecule has 0 N–H and O–H groups in total. The molecule has 0 radical (unpaired) electrons. The van der Waals surface area contributed by atoms with Crippen LogP contribution < -0.4 is 4.74 Å². The fraction of sp³-hybridized carbons (Fsp3) is 0.611. The number of halogens is 1. The highest BCUT2D eigenvalue weighted by Gasteiger charge is 2.25. The number of ether oxygens (including phenoxy) is 2. The summed E-state index contributed by atoms with van der Waals surface area (Å²) in [6.07, 6.45) is -0.220. The molecule has 1 saturated heterocycles. The third-order valence-corrected chi connectivity index (χ3v) is 4.43. The van der Waals surface area contributed by atoms with E-state index in [1.54, 1.807) is 4.90 Å². The number of rotatable bonds is 4. The van der Waals surface area contributed by atoms with Crippen LogP contribution in [0.1, 0.15) is 26.3 Å². The van der Waals surface area contributed by atoms with Gasteiger partial charge < -0.3 is 14.4 Å². The van der Waals surface area contributed by atoms with Gasteiger partial charge in [0.1, 0.15) is 18.0 Å². The number of hydrogen-bond acceptors (Lipinski definition) is 4. The quantitative estimate of drug-likeness (QED) is 0.775. The Morgan fingerprint density at radius 3 is 2.50 bits per heavy atom. The fourth-order valence-corrected chi connectivity index (χ4v) is 2.85. The molecule has 0 saturated carbocycles. The van der Waals surface area contributed by atoms with E-state index < -0.39 is 5.60 Å². The molecular weight excluding hydrogens is 372 g/mol. The van der Waals surface area contributed by atoms with Crippen molar-refractivity contribution in [3.05, 3.63) is 28.2 Å². The number of carbonyl (C=O) groups is 1. The van der Waals surface area contributed by atoms with Gasteiger partial charge in [0.05, 0.1) is 4.47 Å². The number of nitrogens with zero attached hydrogens (tertiary/aromatic N) is 2. The minimum absolute atomic E-state index is 0.220. The number of amides is 1. The Morgan fingerprint density at radius 1 is 1.21 bits per heavy atom. The maximum Gasteiger partial charge on any atom is 0.410 e. The molecule has 1 aliphatic heterocycles. The Hall–Kier alpha value is -1.27. The number of benzene rings is 1. The van der Waals surface area contributed by atoms with E-state index in [0.29, 0.717) is 19.7 Å². The number of hydrogen-bond donors (Lipinski definition) is 0. The average Bonchev–Trinajstić information content (AvgIpc) is 2.49. The van der Waals surface area contributed by atoms with Crippen molar-refractivity contribution in [2.24, 2.45) is 0 Å². The van der Waals surface area contributed by atoms with E-state index in [-0.39, 0.29) is 6.09 Å². The smallest absolute Gasteiger partial charge is 0.410 e. The molecule has 0 aliphatic carbocycles. The Balaban J connectivity index is 1.72. The van der Waals surface area contributed by atoms with Gasteiger partial charge in [-0.05, 0) is 61.3 Å². The van der Waals surface area contributed by atoms with Crippen LogP contribution in [0.5, 0.6) is 5.75 Å². The molecule has 1 aromatic rings. The molecule has 5 nitrogen and oxygen atoms in total. The van der Waals surface area contributed by atoms with Crippen molar-refractivity contribution >= 4 is 22.0 Å². The topological polar surface area (TPSA) is 42.0 Å². The predicted octanol–water partition coefficient (Wildman–Crippen LogP) is 3.69. The lowest BCUT2D eigenvalue weighted by Crippen LogP contribution is -2.50. The largest absolute Gasteiger partial charge is 0.491 e. The zero-order valence-corrected chi connectivity index (χ0v) is 16.6. The van der Waals surface area contributed by atoms with Crippen LogP contribution in [0, 0.1) is 6.92 Å². The third-order valence-electron chi connectivity index (χ3n) is 3.78. The molecule has 6 heteroatoms. The first-order chi connectivity index (χ1) is 11.2. The summed E-state index contributed by atoms with van der Waals surface area (Å²) in [4.78, 5) is 16.1. The first-order valence-corrected chi connectivity index (χ1v) is 9.13. The molecule has 134 valence electrons. The van der Waals surface area contributed by atoms with E-state index in [9.17, 15) is 4.79 Å². The van der Waals surface area contributed by atoms with E-state index in [4.69, 9.17) is 9.47 Å². The van der Waals surface area contributed by atoms with Crippen molar-refractivity contribution < 1.29 is 14.3 Å². The summed E-state index contributed by atoms with van der Waals surface area (Å²) in [6.45, 7) is 12.3. The van der Waals surface area contributed by atoms with Crippen molar-refractivity contribution in [3.8, 4) is 5.75 Å². The third kappa shape index (κ3) is 5.98. The minimum Gasteiger partial charge on any atom is -0.491 e. The standard InChI is InChI=1S/C18H27BrN2O3/c1-14-5-6-15(19)16(13-14)23-12-11-20-7-9-21(10-8-20)17(22)24-18(2,3)4/h5-6,13H,7-12H2,1-4H3. The van der Waals surface area contributed by atoms with Crippen molar-refractivity contribution in [2.45, 2.75) is 33.3 Å². The van der Waals surface area contributed by atoms with Crippen molar-refractivity contribution in [1.29, 1.82) is 0 Å². The van der Waals surface area contributed by atoms with E-state index in [2.05, 4.69) is 27.8 Å². The second-order valence-corrected chi connectivity index (χ2v) is 7.95.